The van der Waals surface area contributed by atoms with Gasteiger partial charge in [0.25, 0.3) is 0 Å². The van der Waals surface area contributed by atoms with Crippen LogP contribution in [-0.4, -0.2) is 176 Å². The predicted octanol–water partition coefficient (Wildman–Crippen LogP) is 13.4. The molecule has 5 aromatic carbocycles. The van der Waals surface area contributed by atoms with Gasteiger partial charge in [-0.05, 0) is 154 Å². The van der Waals surface area contributed by atoms with Crippen molar-refractivity contribution in [1.82, 2.24) is 47.6 Å². The van der Waals surface area contributed by atoms with E-state index < -0.39 is 30.1 Å². The van der Waals surface area contributed by atoms with Crippen molar-refractivity contribution in [3.05, 3.63) is 197 Å². The number of rotatable bonds is 9. The highest BCUT2D eigenvalue weighted by atomic mass is 32.2. The first-order valence-electron chi connectivity index (χ1n) is 33.5. The molecule has 2 amide bonds. The number of aromatic amines is 5. The average Bonchev–Trinajstić information content (AvgIpc) is 1.72. The molecule has 10 heterocycles. The number of carbonyl (C=O) groups is 2. The van der Waals surface area contributed by atoms with Crippen molar-refractivity contribution in [2.45, 2.75) is 79.1 Å². The number of fused-ring (bicyclic) bond motifs is 5. The summed E-state index contributed by atoms with van der Waals surface area (Å²) < 4.78 is 92.3. The third kappa shape index (κ3) is 16.9. The van der Waals surface area contributed by atoms with Gasteiger partial charge in [0.05, 0.1) is 31.4 Å². The molecule has 5 aliphatic heterocycles. The minimum atomic E-state index is -3.15. The normalized spacial score (nSPS) is 16.9. The van der Waals surface area contributed by atoms with Crippen molar-refractivity contribution >= 4 is 119 Å². The topological polar surface area (TPSA) is 241 Å². The van der Waals surface area contributed by atoms with Gasteiger partial charge in [-0.1, -0.05) is 71.3 Å². The molecular weight excluding hydrogens is 1310 g/mol. The first-order valence-corrected chi connectivity index (χ1v) is 39.0. The molecule has 15 rings (SSSR count). The molecule has 0 bridgehead atoms. The number of benzene rings is 5. The summed E-state index contributed by atoms with van der Waals surface area (Å²) in [6, 6.07) is 29.9. The van der Waals surface area contributed by atoms with Gasteiger partial charge in [-0.25, -0.2) is 29.6 Å². The van der Waals surface area contributed by atoms with Crippen LogP contribution in [0.5, 0.6) is 5.75 Å². The Balaban J connectivity index is 0.000000125. The SMILES string of the molecule is CC(=O)N1CC=C(c2c[nH]c3ccc(C)cc23)CC1.CC(=O)N1CCC(c2c[nH]c3ccc(C)cc23)CC1.COc1cccc2c(C3=CCN(S(C)(=O)=O)CC3)c[nH]c12.CS(=O)(=O)N1CC=C(c2c[nH]c3ccc(F)cc23)CC1.Cc1ccc2[nH]cc(C3=CCN(S(C)(=O)=O)CC3)c2c1. The molecule has 99 heavy (non-hydrogen) atoms. The summed E-state index contributed by atoms with van der Waals surface area (Å²) in [4.78, 5) is 42.9. The maximum absolute atomic E-state index is 13.4. The van der Waals surface area contributed by atoms with Crippen LogP contribution < -0.4 is 4.74 Å². The number of hydrogen-bond donors (Lipinski definition) is 5. The molecule has 1 saturated heterocycles. The van der Waals surface area contributed by atoms with E-state index in [0.717, 1.165) is 108 Å². The smallest absolute Gasteiger partial charge is 0.219 e. The summed E-state index contributed by atoms with van der Waals surface area (Å²) >= 11 is 0. The molecule has 0 atom stereocenters. The number of carbonyl (C=O) groups excluding carboxylic acids is 2. The van der Waals surface area contributed by atoms with E-state index in [1.807, 2.05) is 64.8 Å². The lowest BCUT2D eigenvalue weighted by Gasteiger charge is -2.31. The third-order valence-corrected chi connectivity index (χ3v) is 23.2. The van der Waals surface area contributed by atoms with Crippen LogP contribution in [0.25, 0.3) is 76.8 Å². The number of sulfonamides is 3. The van der Waals surface area contributed by atoms with Gasteiger partial charge >= 0.3 is 0 Å². The zero-order valence-corrected chi connectivity index (χ0v) is 60.2. The van der Waals surface area contributed by atoms with E-state index in [0.29, 0.717) is 51.6 Å². The van der Waals surface area contributed by atoms with Crippen molar-refractivity contribution in [1.29, 1.82) is 0 Å². The fraction of sp³-hybridized carbons (Fsp3) is 0.342. The van der Waals surface area contributed by atoms with E-state index in [4.69, 9.17) is 4.74 Å². The number of piperidine rings is 1. The second kappa shape index (κ2) is 30.3. The number of H-pyrrole nitrogens is 5. The second-order valence-corrected chi connectivity index (χ2v) is 32.2. The summed E-state index contributed by atoms with van der Waals surface area (Å²) in [7, 11) is -7.69. The third-order valence-electron chi connectivity index (χ3n) is 19.4. The number of amides is 2. The Kier molecular flexibility index (Phi) is 21.9. The Bertz CT molecular complexity index is 5010. The Labute approximate surface area is 579 Å². The van der Waals surface area contributed by atoms with Gasteiger partial charge in [-0.3, -0.25) is 9.59 Å². The highest BCUT2D eigenvalue weighted by Gasteiger charge is 2.27. The molecule has 0 unspecified atom stereocenters. The van der Waals surface area contributed by atoms with Crippen LogP contribution in [0.15, 0.2) is 146 Å². The molecule has 0 spiro atoms. The van der Waals surface area contributed by atoms with E-state index in [1.54, 1.807) is 27.0 Å². The van der Waals surface area contributed by atoms with Gasteiger partial charge in [0.1, 0.15) is 11.6 Å². The summed E-state index contributed by atoms with van der Waals surface area (Å²) in [6.45, 7) is 15.8. The van der Waals surface area contributed by atoms with Gasteiger partial charge in [0, 0.05) is 182 Å². The molecule has 1 fully saturated rings. The summed E-state index contributed by atoms with van der Waals surface area (Å²) in [5, 5.41) is 5.78. The molecule has 10 aromatic rings. The fourth-order valence-corrected chi connectivity index (χ4v) is 16.1. The van der Waals surface area contributed by atoms with Crippen molar-refractivity contribution in [3.8, 4) is 5.75 Å². The number of methoxy groups -OCH3 is 1. The zero-order chi connectivity index (χ0) is 70.5. The number of aromatic nitrogens is 5. The Hall–Kier alpha value is -8.84. The van der Waals surface area contributed by atoms with Crippen molar-refractivity contribution < 1.29 is 44.0 Å². The molecule has 23 heteroatoms. The lowest BCUT2D eigenvalue weighted by Crippen LogP contribution is -2.36. The van der Waals surface area contributed by atoms with Crippen LogP contribution in [0.4, 0.5) is 4.39 Å². The standard InChI is InChI=1S/C16H20N2O.C16H18N2O.C15H18N2O3S.C15H18N2O2S.C14H15FN2O2S/c2*1-11-3-4-16-14(9-11)15(10-17-16)13-5-7-18(8-6-13)12(2)19;1-20-14-5-3-4-12-13(10-16-15(12)14)11-6-8-17(9-7-11)21(2,18)19;1-11-3-4-15-13(9-11)14(10-16-15)12-5-7-17(8-6-12)20(2,18)19;1-20(18,19)17-6-4-10(5-7-17)13-9-16-14-3-2-11(15)8-12(13)14/h3-4,9-10,13,17H,5-8H2,1-2H3;3-5,9-10,17H,6-8H2,1-2H3;3-6,10,16H,7-9H2,1-2H3;3-5,9-10,16H,6-8H2,1-2H3;2-4,8-9,16H,5-7H2,1H3. The molecular formula is C76H89FN10O9S3. The van der Waals surface area contributed by atoms with Gasteiger partial charge in [-0.2, -0.15) is 12.9 Å². The number of nitrogens with zero attached hydrogens (tertiary/aromatic N) is 5. The minimum absolute atomic E-state index is 0.157. The fourth-order valence-electron chi connectivity index (χ4n) is 13.8. The number of ether oxygens (including phenoxy) is 1. The van der Waals surface area contributed by atoms with Crippen molar-refractivity contribution in [2.75, 3.05) is 91.3 Å². The van der Waals surface area contributed by atoms with Gasteiger partial charge in [0.15, 0.2) is 0 Å². The number of para-hydroxylation sites is 1. The number of aryl methyl sites for hydroxylation is 3. The van der Waals surface area contributed by atoms with Crippen LogP contribution in [0.1, 0.15) is 103 Å². The molecule has 5 aromatic heterocycles. The maximum atomic E-state index is 13.4. The Morgan fingerprint density at radius 3 is 1.23 bits per heavy atom. The average molecular weight is 1400 g/mol. The first-order chi connectivity index (χ1) is 47.2. The largest absolute Gasteiger partial charge is 0.495 e. The Morgan fingerprint density at radius 1 is 0.444 bits per heavy atom. The van der Waals surface area contributed by atoms with Gasteiger partial charge in [-0.15, -0.1) is 0 Å². The van der Waals surface area contributed by atoms with Crippen LogP contribution in [0, 0.1) is 26.6 Å². The molecule has 0 aliphatic carbocycles. The monoisotopic (exact) mass is 1400 g/mol. The minimum Gasteiger partial charge on any atom is -0.495 e. The molecule has 0 saturated carbocycles. The predicted molar refractivity (Wildman–Crippen MR) is 398 cm³/mol. The molecule has 522 valence electrons. The van der Waals surface area contributed by atoms with Crippen LogP contribution in [0.3, 0.4) is 0 Å². The van der Waals surface area contributed by atoms with E-state index in [9.17, 15) is 39.2 Å². The van der Waals surface area contributed by atoms with Crippen molar-refractivity contribution in [2.24, 2.45) is 0 Å². The quantitative estimate of drug-likeness (QED) is 0.0922. The number of nitrogens with one attached hydrogen (secondary N) is 5. The summed E-state index contributed by atoms with van der Waals surface area (Å²) in [5.74, 6) is 1.48. The lowest BCUT2D eigenvalue weighted by atomic mass is 9.89. The van der Waals surface area contributed by atoms with E-state index in [1.165, 1.54) is 121 Å². The van der Waals surface area contributed by atoms with E-state index in [2.05, 4.69) is 119 Å². The van der Waals surface area contributed by atoms with Crippen LogP contribution in [-0.2, 0) is 39.7 Å². The number of hydrogen-bond acceptors (Lipinski definition) is 9. The van der Waals surface area contributed by atoms with Gasteiger partial charge in [0.2, 0.25) is 41.9 Å². The molecule has 5 N–H and O–H groups in total. The van der Waals surface area contributed by atoms with E-state index >= 15 is 0 Å². The highest BCUT2D eigenvalue weighted by Crippen LogP contribution is 2.37. The Morgan fingerprint density at radius 2 is 0.828 bits per heavy atom. The van der Waals surface area contributed by atoms with Crippen LogP contribution >= 0.6 is 0 Å². The highest BCUT2D eigenvalue weighted by molar-refractivity contribution is 7.88. The first kappa shape index (κ1) is 71.4. The maximum Gasteiger partial charge on any atom is 0.219 e. The number of likely N-dealkylation sites (tertiary alicyclic amines) is 1. The second-order valence-electron chi connectivity index (χ2n) is 26.3. The molecule has 5 aliphatic rings. The summed E-state index contributed by atoms with van der Waals surface area (Å²) in [5.41, 5.74) is 19.9. The van der Waals surface area contributed by atoms with Crippen LogP contribution in [0.2, 0.25) is 0 Å². The molecule has 0 radical (unpaired) electrons. The van der Waals surface area contributed by atoms with E-state index in [-0.39, 0.29) is 17.6 Å². The van der Waals surface area contributed by atoms with Crippen molar-refractivity contribution in [3.63, 3.8) is 0 Å². The van der Waals surface area contributed by atoms with Gasteiger partial charge < -0.3 is 39.5 Å². The number of halogens is 1. The lowest BCUT2D eigenvalue weighted by molar-refractivity contribution is -0.130. The zero-order valence-electron chi connectivity index (χ0n) is 57.8. The molecule has 19 nitrogen and oxygen atoms in total. The summed E-state index contributed by atoms with van der Waals surface area (Å²) in [6.07, 6.45) is 27.1.